The summed E-state index contributed by atoms with van der Waals surface area (Å²) < 4.78 is 10.0. The molecule has 1 atom stereocenters. The van der Waals surface area contributed by atoms with Gasteiger partial charge in [0.15, 0.2) is 6.61 Å². The summed E-state index contributed by atoms with van der Waals surface area (Å²) in [5, 5.41) is 8.56. The van der Waals surface area contributed by atoms with E-state index in [1.165, 1.54) is 18.3 Å². The lowest BCUT2D eigenvalue weighted by Crippen LogP contribution is -2.45. The van der Waals surface area contributed by atoms with E-state index in [9.17, 15) is 19.2 Å². The average Bonchev–Trinajstić information content (AvgIpc) is 3.09. The number of hydrogen-bond acceptors (Lipinski definition) is 7. The van der Waals surface area contributed by atoms with Crippen molar-refractivity contribution >= 4 is 40.0 Å². The van der Waals surface area contributed by atoms with Gasteiger partial charge in [-0.05, 0) is 38.2 Å². The van der Waals surface area contributed by atoms with Crippen molar-refractivity contribution in [2.45, 2.75) is 59.4 Å². The molecule has 0 aliphatic heterocycles. The fraction of sp³-hybridized carbons (Fsp3) is 0.636. The van der Waals surface area contributed by atoms with Gasteiger partial charge in [0.1, 0.15) is 11.0 Å². The molecule has 2 rings (SSSR count). The number of esters is 1. The molecular formula is C22H33N3O6S. The summed E-state index contributed by atoms with van der Waals surface area (Å²) in [5.41, 5.74) is 0.804. The predicted molar refractivity (Wildman–Crippen MR) is 122 cm³/mol. The highest BCUT2D eigenvalue weighted by Gasteiger charge is 2.28. The van der Waals surface area contributed by atoms with Crippen LogP contribution in [0.1, 0.15) is 61.3 Å². The third kappa shape index (κ3) is 7.03. The molecule has 9 nitrogen and oxygen atoms in total. The molecule has 0 aromatic carbocycles. The molecule has 10 heteroatoms. The van der Waals surface area contributed by atoms with Crippen molar-refractivity contribution < 1.29 is 28.7 Å². The van der Waals surface area contributed by atoms with Crippen molar-refractivity contribution in [3.63, 3.8) is 0 Å². The van der Waals surface area contributed by atoms with Crippen LogP contribution in [0.5, 0.6) is 0 Å². The molecule has 3 amide bonds. The van der Waals surface area contributed by atoms with Crippen LogP contribution >= 0.6 is 11.3 Å². The highest BCUT2D eigenvalue weighted by molar-refractivity contribution is 7.17. The molecule has 1 aromatic rings. The van der Waals surface area contributed by atoms with Gasteiger partial charge in [-0.2, -0.15) is 0 Å². The second-order valence-electron chi connectivity index (χ2n) is 8.76. The van der Waals surface area contributed by atoms with Gasteiger partial charge in [0.25, 0.3) is 11.8 Å². The zero-order chi connectivity index (χ0) is 23.9. The van der Waals surface area contributed by atoms with E-state index in [4.69, 9.17) is 9.47 Å². The number of amides is 3. The van der Waals surface area contributed by atoms with Crippen LogP contribution in [0, 0.1) is 5.41 Å². The van der Waals surface area contributed by atoms with Gasteiger partial charge in [0.2, 0.25) is 5.91 Å². The van der Waals surface area contributed by atoms with Crippen LogP contribution in [-0.4, -0.2) is 56.6 Å². The molecule has 178 valence electrons. The number of rotatable bonds is 9. The van der Waals surface area contributed by atoms with E-state index in [-0.39, 0.29) is 11.8 Å². The number of nitrogens with one attached hydrogen (secondary N) is 3. The minimum Gasteiger partial charge on any atom is -0.454 e. The first-order valence-corrected chi connectivity index (χ1v) is 11.5. The van der Waals surface area contributed by atoms with E-state index in [2.05, 4.69) is 16.0 Å². The predicted octanol–water partition coefficient (Wildman–Crippen LogP) is 2.04. The highest BCUT2D eigenvalue weighted by atomic mass is 32.1. The number of carbonyl (C=O) groups is 4. The molecule has 32 heavy (non-hydrogen) atoms. The fourth-order valence-electron chi connectivity index (χ4n) is 3.15. The summed E-state index contributed by atoms with van der Waals surface area (Å²) in [6, 6.07) is -0.884. The molecular weight excluding hydrogens is 434 g/mol. The van der Waals surface area contributed by atoms with Crippen molar-refractivity contribution in [3.05, 3.63) is 16.0 Å². The van der Waals surface area contributed by atoms with Crippen molar-refractivity contribution in [3.8, 4) is 0 Å². The average molecular weight is 468 g/mol. The summed E-state index contributed by atoms with van der Waals surface area (Å²) in [7, 11) is 1.56. The largest absolute Gasteiger partial charge is 0.454 e. The zero-order valence-electron chi connectivity index (χ0n) is 19.4. The monoisotopic (exact) mass is 467 g/mol. The summed E-state index contributed by atoms with van der Waals surface area (Å²) in [5.74, 6) is -1.80. The van der Waals surface area contributed by atoms with Crippen LogP contribution < -0.4 is 16.0 Å². The number of fused-ring (bicyclic) bond motifs is 1. The first-order valence-electron chi connectivity index (χ1n) is 10.7. The summed E-state index contributed by atoms with van der Waals surface area (Å²) >= 11 is 1.39. The van der Waals surface area contributed by atoms with Crippen molar-refractivity contribution in [1.82, 2.24) is 10.6 Å². The third-order valence-corrected chi connectivity index (χ3v) is 6.18. The standard InChI is InChI=1S/C22H33N3O6S/c1-13(24-21(29)22(2,3)4)20(28)31-12-16(26)25-19-17(18(27)23-10-11-30-5)14-8-6-7-9-15(14)32-19/h13H,6-12H2,1-5H3,(H,23,27)(H,24,29)(H,25,26). The van der Waals surface area contributed by atoms with Gasteiger partial charge in [0.05, 0.1) is 12.2 Å². The molecule has 1 heterocycles. The molecule has 0 bridgehead atoms. The Balaban J connectivity index is 2.00. The van der Waals surface area contributed by atoms with Crippen LogP contribution in [0.15, 0.2) is 0 Å². The molecule has 1 aromatic heterocycles. The Morgan fingerprint density at radius 1 is 1.12 bits per heavy atom. The second kappa shape index (κ2) is 11.4. The summed E-state index contributed by atoms with van der Waals surface area (Å²) in [6.45, 7) is 6.94. The van der Waals surface area contributed by atoms with Crippen LogP contribution in [0.25, 0.3) is 0 Å². The molecule has 1 aliphatic rings. The van der Waals surface area contributed by atoms with Gasteiger partial charge >= 0.3 is 5.97 Å². The lowest BCUT2D eigenvalue weighted by atomic mass is 9.95. The molecule has 0 fully saturated rings. The number of thiophene rings is 1. The summed E-state index contributed by atoms with van der Waals surface area (Å²) in [4.78, 5) is 50.5. The highest BCUT2D eigenvalue weighted by Crippen LogP contribution is 2.38. The Kier molecular flexibility index (Phi) is 9.21. The Morgan fingerprint density at radius 3 is 2.47 bits per heavy atom. The van der Waals surface area contributed by atoms with Crippen LogP contribution in [0.3, 0.4) is 0 Å². The van der Waals surface area contributed by atoms with Crippen LogP contribution in [0.2, 0.25) is 0 Å². The Labute approximate surface area is 192 Å². The number of ether oxygens (including phenoxy) is 2. The molecule has 0 saturated carbocycles. The topological polar surface area (TPSA) is 123 Å². The number of hydrogen-bond donors (Lipinski definition) is 3. The van der Waals surface area contributed by atoms with E-state index in [0.717, 1.165) is 36.1 Å². The normalized spacial score (nSPS) is 14.2. The van der Waals surface area contributed by atoms with Gasteiger partial charge in [0, 0.05) is 23.9 Å². The lowest BCUT2D eigenvalue weighted by molar-refractivity contribution is -0.150. The van der Waals surface area contributed by atoms with Crippen LogP contribution in [-0.2, 0) is 36.7 Å². The minimum absolute atomic E-state index is 0.257. The summed E-state index contributed by atoms with van der Waals surface area (Å²) in [6.07, 6.45) is 3.69. The van der Waals surface area contributed by atoms with Gasteiger partial charge in [-0.15, -0.1) is 11.3 Å². The van der Waals surface area contributed by atoms with E-state index in [1.807, 2.05) is 0 Å². The van der Waals surface area contributed by atoms with Gasteiger partial charge < -0.3 is 25.4 Å². The van der Waals surface area contributed by atoms with Gasteiger partial charge in [-0.25, -0.2) is 4.79 Å². The molecule has 0 spiro atoms. The maximum atomic E-state index is 12.8. The quantitative estimate of drug-likeness (QED) is 0.377. The maximum Gasteiger partial charge on any atom is 0.328 e. The Morgan fingerprint density at radius 2 is 1.81 bits per heavy atom. The first-order chi connectivity index (χ1) is 15.0. The fourth-order valence-corrected chi connectivity index (χ4v) is 4.45. The van der Waals surface area contributed by atoms with E-state index < -0.39 is 29.9 Å². The van der Waals surface area contributed by atoms with Crippen LogP contribution in [0.4, 0.5) is 5.00 Å². The number of anilines is 1. The van der Waals surface area contributed by atoms with E-state index in [1.54, 1.807) is 27.9 Å². The first kappa shape index (κ1) is 25.8. The molecule has 1 unspecified atom stereocenters. The number of methoxy groups -OCH3 is 1. The molecule has 0 radical (unpaired) electrons. The third-order valence-electron chi connectivity index (χ3n) is 4.97. The number of aryl methyl sites for hydroxylation is 1. The van der Waals surface area contributed by atoms with Crippen molar-refractivity contribution in [1.29, 1.82) is 0 Å². The number of carbonyl (C=O) groups excluding carboxylic acids is 4. The van der Waals surface area contributed by atoms with Gasteiger partial charge in [-0.3, -0.25) is 14.4 Å². The SMILES string of the molecule is COCCNC(=O)c1c(NC(=O)COC(=O)C(C)NC(=O)C(C)(C)C)sc2c1CCCC2. The smallest absolute Gasteiger partial charge is 0.328 e. The molecule has 3 N–H and O–H groups in total. The van der Waals surface area contributed by atoms with E-state index >= 15 is 0 Å². The second-order valence-corrected chi connectivity index (χ2v) is 9.87. The van der Waals surface area contributed by atoms with Crippen molar-refractivity contribution in [2.24, 2.45) is 5.41 Å². The van der Waals surface area contributed by atoms with E-state index in [0.29, 0.717) is 23.7 Å². The maximum absolute atomic E-state index is 12.8. The molecule has 0 saturated heterocycles. The molecule has 1 aliphatic carbocycles. The van der Waals surface area contributed by atoms with Crippen molar-refractivity contribution in [2.75, 3.05) is 32.2 Å². The Bertz CT molecular complexity index is 859. The van der Waals surface area contributed by atoms with Gasteiger partial charge in [-0.1, -0.05) is 20.8 Å². The zero-order valence-corrected chi connectivity index (χ0v) is 20.2. The minimum atomic E-state index is -0.884. The lowest BCUT2D eigenvalue weighted by Gasteiger charge is -2.20. The Hall–Kier alpha value is -2.46.